The van der Waals surface area contributed by atoms with E-state index in [1.807, 2.05) is 42.5 Å². The van der Waals surface area contributed by atoms with Crippen LogP contribution in [0.15, 0.2) is 67.8 Å². The summed E-state index contributed by atoms with van der Waals surface area (Å²) in [5.74, 6) is -1.65. The zero-order chi connectivity index (χ0) is 27.2. The van der Waals surface area contributed by atoms with E-state index in [4.69, 9.17) is 0 Å². The molecule has 3 aliphatic heterocycles. The fraction of sp³-hybridized carbons (Fsp3) is 0.433. The number of benzene rings is 2. The number of likely N-dealkylation sites (tertiary alicyclic amines) is 1. The van der Waals surface area contributed by atoms with Crippen LogP contribution in [0.2, 0.25) is 0 Å². The maximum atomic E-state index is 14.5. The summed E-state index contributed by atoms with van der Waals surface area (Å²) in [7, 11) is 1.73. The molecule has 3 saturated heterocycles. The molecule has 5 atom stereocenters. The standard InChI is InChI=1S/C30H35N3O4S/c1-5-15-31(4)26(35)23-24-27(36)33(17-18-34)25(30(24)14-13-29(23,3)38-30)28(37)32(16-6-2)22-12-11-20-9-7-8-10-21(20)19-22/h5-12,19,23-25,34H,1-2,13-18H2,3-4H3/t23-,24+,25?,29+,30?/m1/s1. The molecule has 7 nitrogen and oxygen atoms in total. The van der Waals surface area contributed by atoms with Gasteiger partial charge in [-0.25, -0.2) is 0 Å². The average Bonchev–Trinajstić information content (AvgIpc) is 3.47. The Balaban J connectivity index is 1.58. The SMILES string of the molecule is C=CCN(C)C(=O)[C@H]1[C@H]2C(=O)N(CCO)C(C(=O)N(CC=C)c3ccc4ccccc4c3)C23CC[C@]1(C)S3. The molecule has 200 valence electrons. The summed E-state index contributed by atoms with van der Waals surface area (Å²) in [6, 6.07) is 13.1. The fourth-order valence-electron chi connectivity index (χ4n) is 6.89. The number of likely N-dealkylation sites (N-methyl/N-ethyl adjacent to an activating group) is 1. The number of β-amino-alcohol motifs (C(OH)–C–C–N with tert-alkyl or cyclic N) is 1. The Bertz CT molecular complexity index is 1310. The summed E-state index contributed by atoms with van der Waals surface area (Å²) >= 11 is 1.64. The Morgan fingerprint density at radius 3 is 2.50 bits per heavy atom. The minimum absolute atomic E-state index is 0.0494. The molecule has 3 amide bonds. The van der Waals surface area contributed by atoms with E-state index in [0.29, 0.717) is 13.0 Å². The monoisotopic (exact) mass is 533 g/mol. The third-order valence-corrected chi connectivity index (χ3v) is 10.5. The van der Waals surface area contributed by atoms with Crippen LogP contribution in [-0.4, -0.2) is 81.5 Å². The van der Waals surface area contributed by atoms with Crippen molar-refractivity contribution in [1.82, 2.24) is 9.80 Å². The van der Waals surface area contributed by atoms with Gasteiger partial charge in [0.15, 0.2) is 0 Å². The molecule has 3 aliphatic rings. The number of thioether (sulfide) groups is 1. The van der Waals surface area contributed by atoms with Gasteiger partial charge in [-0.2, -0.15) is 0 Å². The fourth-order valence-corrected chi connectivity index (χ4v) is 9.24. The van der Waals surface area contributed by atoms with E-state index in [0.717, 1.165) is 22.9 Å². The number of nitrogens with zero attached hydrogens (tertiary/aromatic N) is 3. The van der Waals surface area contributed by atoms with Gasteiger partial charge in [-0.1, -0.05) is 42.5 Å². The maximum absolute atomic E-state index is 14.5. The number of carbonyl (C=O) groups is 3. The van der Waals surface area contributed by atoms with E-state index in [9.17, 15) is 19.5 Å². The normalized spacial score (nSPS) is 29.4. The number of hydrogen-bond acceptors (Lipinski definition) is 5. The largest absolute Gasteiger partial charge is 0.395 e. The van der Waals surface area contributed by atoms with Gasteiger partial charge in [0.05, 0.1) is 23.2 Å². The number of anilines is 1. The summed E-state index contributed by atoms with van der Waals surface area (Å²) in [5.41, 5.74) is 0.729. The summed E-state index contributed by atoms with van der Waals surface area (Å²) in [5, 5.41) is 12.0. The number of amides is 3. The van der Waals surface area contributed by atoms with Gasteiger partial charge in [-0.05, 0) is 42.7 Å². The highest BCUT2D eigenvalue weighted by Gasteiger charge is 2.77. The van der Waals surface area contributed by atoms with Crippen LogP contribution in [0, 0.1) is 11.8 Å². The van der Waals surface area contributed by atoms with E-state index in [2.05, 4.69) is 20.1 Å². The lowest BCUT2D eigenvalue weighted by Crippen LogP contribution is -2.55. The number of rotatable bonds is 9. The molecule has 5 rings (SSSR count). The lowest BCUT2D eigenvalue weighted by Gasteiger charge is -2.37. The van der Waals surface area contributed by atoms with Crippen LogP contribution in [0.5, 0.6) is 0 Å². The van der Waals surface area contributed by atoms with Crippen molar-refractivity contribution in [1.29, 1.82) is 0 Å². The van der Waals surface area contributed by atoms with Gasteiger partial charge in [-0.3, -0.25) is 14.4 Å². The minimum atomic E-state index is -0.784. The maximum Gasteiger partial charge on any atom is 0.251 e. The van der Waals surface area contributed by atoms with Crippen LogP contribution >= 0.6 is 11.8 Å². The second-order valence-electron chi connectivity index (χ2n) is 10.8. The molecule has 0 saturated carbocycles. The number of carbonyl (C=O) groups excluding carboxylic acids is 3. The molecular weight excluding hydrogens is 498 g/mol. The summed E-state index contributed by atoms with van der Waals surface area (Å²) in [4.78, 5) is 47.1. The molecule has 3 heterocycles. The van der Waals surface area contributed by atoms with Crippen molar-refractivity contribution in [2.75, 3.05) is 38.2 Å². The van der Waals surface area contributed by atoms with Crippen molar-refractivity contribution in [3.8, 4) is 0 Å². The van der Waals surface area contributed by atoms with Gasteiger partial charge in [0.25, 0.3) is 5.91 Å². The quantitative estimate of drug-likeness (QED) is 0.500. The van der Waals surface area contributed by atoms with Crippen molar-refractivity contribution >= 4 is 45.9 Å². The molecule has 0 aliphatic carbocycles. The highest BCUT2D eigenvalue weighted by atomic mass is 32.2. The highest BCUT2D eigenvalue weighted by molar-refractivity contribution is 8.02. The van der Waals surface area contributed by atoms with Crippen molar-refractivity contribution < 1.29 is 19.5 Å². The number of hydrogen-bond donors (Lipinski definition) is 1. The summed E-state index contributed by atoms with van der Waals surface area (Å²) < 4.78 is -1.17. The third kappa shape index (κ3) is 3.88. The third-order valence-electron chi connectivity index (χ3n) is 8.52. The summed E-state index contributed by atoms with van der Waals surface area (Å²) in [6.07, 6.45) is 4.77. The second-order valence-corrected chi connectivity index (χ2v) is 12.7. The molecule has 1 N–H and O–H groups in total. The molecule has 0 aromatic heterocycles. The molecule has 8 heteroatoms. The molecular formula is C30H35N3O4S. The zero-order valence-electron chi connectivity index (χ0n) is 22.0. The molecule has 2 unspecified atom stereocenters. The van der Waals surface area contributed by atoms with Crippen LogP contribution in [0.25, 0.3) is 10.8 Å². The van der Waals surface area contributed by atoms with E-state index in [1.165, 1.54) is 4.90 Å². The predicted octanol–water partition coefficient (Wildman–Crippen LogP) is 3.48. The van der Waals surface area contributed by atoms with Crippen LogP contribution in [0.1, 0.15) is 19.8 Å². The molecule has 2 aromatic carbocycles. The lowest BCUT2D eigenvalue weighted by atomic mass is 9.66. The van der Waals surface area contributed by atoms with E-state index >= 15 is 0 Å². The topological polar surface area (TPSA) is 81.2 Å². The Kier molecular flexibility index (Phi) is 6.90. The Hall–Kier alpha value is -3.10. The first-order valence-corrected chi connectivity index (χ1v) is 13.9. The van der Waals surface area contributed by atoms with Gasteiger partial charge >= 0.3 is 0 Å². The van der Waals surface area contributed by atoms with Crippen molar-refractivity contribution in [2.24, 2.45) is 11.8 Å². The Labute approximate surface area is 228 Å². The molecule has 2 aromatic rings. The van der Waals surface area contributed by atoms with Gasteiger partial charge < -0.3 is 19.8 Å². The van der Waals surface area contributed by atoms with E-state index < -0.39 is 27.4 Å². The average molecular weight is 534 g/mol. The first-order chi connectivity index (χ1) is 18.2. The molecule has 2 bridgehead atoms. The van der Waals surface area contributed by atoms with Gasteiger partial charge in [-0.15, -0.1) is 24.9 Å². The van der Waals surface area contributed by atoms with Gasteiger partial charge in [0, 0.05) is 37.1 Å². The number of aliphatic hydroxyl groups is 1. The molecule has 38 heavy (non-hydrogen) atoms. The van der Waals surface area contributed by atoms with Crippen molar-refractivity contribution in [3.05, 3.63) is 67.8 Å². The van der Waals surface area contributed by atoms with Gasteiger partial charge in [0.1, 0.15) is 6.04 Å². The zero-order valence-corrected chi connectivity index (χ0v) is 22.8. The summed E-state index contributed by atoms with van der Waals surface area (Å²) in [6.45, 7) is 10.2. The Morgan fingerprint density at radius 2 is 1.82 bits per heavy atom. The predicted molar refractivity (Wildman–Crippen MR) is 152 cm³/mol. The molecule has 1 spiro atoms. The first-order valence-electron chi connectivity index (χ1n) is 13.1. The van der Waals surface area contributed by atoms with Crippen molar-refractivity contribution in [3.63, 3.8) is 0 Å². The van der Waals surface area contributed by atoms with Crippen molar-refractivity contribution in [2.45, 2.75) is 35.3 Å². The first kappa shape index (κ1) is 26.5. The van der Waals surface area contributed by atoms with E-state index in [1.54, 1.807) is 40.8 Å². The molecule has 3 fully saturated rings. The Morgan fingerprint density at radius 1 is 1.11 bits per heavy atom. The van der Waals surface area contributed by atoms with Crippen LogP contribution in [0.4, 0.5) is 5.69 Å². The number of aliphatic hydroxyl groups excluding tert-OH is 1. The highest BCUT2D eigenvalue weighted by Crippen LogP contribution is 2.71. The van der Waals surface area contributed by atoms with Crippen LogP contribution in [0.3, 0.4) is 0 Å². The minimum Gasteiger partial charge on any atom is -0.395 e. The lowest BCUT2D eigenvalue weighted by molar-refractivity contribution is -0.144. The smallest absolute Gasteiger partial charge is 0.251 e. The van der Waals surface area contributed by atoms with Crippen LogP contribution in [-0.2, 0) is 14.4 Å². The number of fused-ring (bicyclic) bond motifs is 2. The van der Waals surface area contributed by atoms with Crippen LogP contribution < -0.4 is 4.90 Å². The molecule has 0 radical (unpaired) electrons. The van der Waals surface area contributed by atoms with Gasteiger partial charge in [0.2, 0.25) is 11.8 Å². The van der Waals surface area contributed by atoms with E-state index in [-0.39, 0.29) is 37.4 Å². The second kappa shape index (κ2) is 9.89.